The van der Waals surface area contributed by atoms with Gasteiger partial charge in [0.15, 0.2) is 0 Å². The summed E-state index contributed by atoms with van der Waals surface area (Å²) in [6.07, 6.45) is 3.21. The fourth-order valence-corrected chi connectivity index (χ4v) is 1.44. The lowest BCUT2D eigenvalue weighted by Crippen LogP contribution is -2.30. The minimum atomic E-state index is 0.156. The molecule has 2 nitrogen and oxygen atoms in total. The summed E-state index contributed by atoms with van der Waals surface area (Å²) in [4.78, 5) is 13.6. The molecule has 1 aromatic carbocycles. The zero-order valence-electron chi connectivity index (χ0n) is 9.15. The highest BCUT2D eigenvalue weighted by Crippen LogP contribution is 2.14. The molecule has 1 aromatic rings. The fraction of sp³-hybridized carbons (Fsp3) is 0.308. The standard InChI is InChI=1S/C13H17NO/c1-3-8-13(15)14(11-4-2)12-9-6-5-7-10-12/h4-7,9-10H,2-3,8,11H2,1H3. The minimum Gasteiger partial charge on any atom is -0.309 e. The van der Waals surface area contributed by atoms with Crippen LogP contribution in [0.15, 0.2) is 43.0 Å². The molecule has 0 saturated heterocycles. The molecule has 0 saturated carbocycles. The summed E-state index contributed by atoms with van der Waals surface area (Å²) < 4.78 is 0. The molecule has 0 heterocycles. The summed E-state index contributed by atoms with van der Waals surface area (Å²) in [5.74, 6) is 0.156. The average Bonchev–Trinajstić information content (AvgIpc) is 2.27. The number of nitrogens with zero attached hydrogens (tertiary/aromatic N) is 1. The van der Waals surface area contributed by atoms with Gasteiger partial charge in [-0.15, -0.1) is 6.58 Å². The highest BCUT2D eigenvalue weighted by molar-refractivity contribution is 5.93. The molecule has 0 unspecified atom stereocenters. The van der Waals surface area contributed by atoms with Crippen molar-refractivity contribution >= 4 is 11.6 Å². The lowest BCUT2D eigenvalue weighted by molar-refractivity contribution is -0.118. The first kappa shape index (κ1) is 11.5. The first-order valence-electron chi connectivity index (χ1n) is 5.26. The van der Waals surface area contributed by atoms with Crippen LogP contribution in [0.25, 0.3) is 0 Å². The Kier molecular flexibility index (Phi) is 4.61. The molecule has 0 aromatic heterocycles. The van der Waals surface area contributed by atoms with Crippen molar-refractivity contribution in [1.29, 1.82) is 0 Å². The molecule has 0 radical (unpaired) electrons. The van der Waals surface area contributed by atoms with Crippen molar-refractivity contribution in [1.82, 2.24) is 0 Å². The van der Waals surface area contributed by atoms with Gasteiger partial charge in [-0.1, -0.05) is 31.2 Å². The van der Waals surface area contributed by atoms with E-state index in [-0.39, 0.29) is 5.91 Å². The van der Waals surface area contributed by atoms with Gasteiger partial charge in [0.25, 0.3) is 0 Å². The Bertz CT molecular complexity index is 319. The van der Waals surface area contributed by atoms with Gasteiger partial charge < -0.3 is 4.90 Å². The van der Waals surface area contributed by atoms with Gasteiger partial charge in [0.1, 0.15) is 0 Å². The molecular weight excluding hydrogens is 186 g/mol. The Labute approximate surface area is 91.2 Å². The Morgan fingerprint density at radius 3 is 2.60 bits per heavy atom. The molecule has 2 heteroatoms. The summed E-state index contributed by atoms with van der Waals surface area (Å²) in [7, 11) is 0. The number of hydrogen-bond donors (Lipinski definition) is 0. The maximum Gasteiger partial charge on any atom is 0.227 e. The van der Waals surface area contributed by atoms with Crippen molar-refractivity contribution < 1.29 is 4.79 Å². The molecule has 0 N–H and O–H groups in total. The zero-order valence-corrected chi connectivity index (χ0v) is 9.15. The van der Waals surface area contributed by atoms with Crippen LogP contribution in [0.1, 0.15) is 19.8 Å². The summed E-state index contributed by atoms with van der Waals surface area (Å²) in [5, 5.41) is 0. The molecule has 0 atom stereocenters. The Morgan fingerprint density at radius 1 is 1.40 bits per heavy atom. The molecule has 0 fully saturated rings. The number of carbonyl (C=O) groups is 1. The van der Waals surface area contributed by atoms with E-state index in [4.69, 9.17) is 0 Å². The van der Waals surface area contributed by atoms with Crippen molar-refractivity contribution in [3.63, 3.8) is 0 Å². The average molecular weight is 203 g/mol. The summed E-state index contributed by atoms with van der Waals surface area (Å²) in [6.45, 7) is 6.26. The van der Waals surface area contributed by atoms with Gasteiger partial charge in [0.2, 0.25) is 5.91 Å². The van der Waals surface area contributed by atoms with E-state index in [2.05, 4.69) is 6.58 Å². The van der Waals surface area contributed by atoms with Crippen molar-refractivity contribution in [2.24, 2.45) is 0 Å². The van der Waals surface area contributed by atoms with E-state index < -0.39 is 0 Å². The van der Waals surface area contributed by atoms with Crippen LogP contribution in [0.4, 0.5) is 5.69 Å². The van der Waals surface area contributed by atoms with E-state index in [1.54, 1.807) is 11.0 Å². The predicted octanol–water partition coefficient (Wildman–Crippen LogP) is 3.01. The smallest absolute Gasteiger partial charge is 0.227 e. The van der Waals surface area contributed by atoms with E-state index in [0.29, 0.717) is 13.0 Å². The SMILES string of the molecule is C=CCN(C(=O)CCC)c1ccccc1. The van der Waals surface area contributed by atoms with Gasteiger partial charge in [-0.05, 0) is 18.6 Å². The van der Waals surface area contributed by atoms with Crippen molar-refractivity contribution in [3.05, 3.63) is 43.0 Å². The van der Waals surface area contributed by atoms with E-state index in [1.807, 2.05) is 37.3 Å². The number of rotatable bonds is 5. The number of carbonyl (C=O) groups excluding carboxylic acids is 1. The van der Waals surface area contributed by atoms with Crippen LogP contribution in [0.3, 0.4) is 0 Å². The molecule has 1 rings (SSSR count). The highest BCUT2D eigenvalue weighted by atomic mass is 16.2. The van der Waals surface area contributed by atoms with Crippen molar-refractivity contribution in [3.8, 4) is 0 Å². The second kappa shape index (κ2) is 6.02. The molecular formula is C13H17NO. The van der Waals surface area contributed by atoms with E-state index in [9.17, 15) is 4.79 Å². The first-order chi connectivity index (χ1) is 7.29. The first-order valence-corrected chi connectivity index (χ1v) is 5.26. The van der Waals surface area contributed by atoms with Crippen molar-refractivity contribution in [2.75, 3.05) is 11.4 Å². The van der Waals surface area contributed by atoms with Crippen LogP contribution in [0.5, 0.6) is 0 Å². The predicted molar refractivity (Wildman–Crippen MR) is 63.9 cm³/mol. The van der Waals surface area contributed by atoms with Crippen LogP contribution < -0.4 is 4.90 Å². The molecule has 0 bridgehead atoms. The number of para-hydroxylation sites is 1. The van der Waals surface area contributed by atoms with E-state index in [1.165, 1.54) is 0 Å². The Balaban J connectivity index is 2.82. The van der Waals surface area contributed by atoms with Crippen LogP contribution in [-0.2, 0) is 4.79 Å². The number of amides is 1. The Morgan fingerprint density at radius 2 is 2.07 bits per heavy atom. The van der Waals surface area contributed by atoms with Crippen LogP contribution in [0, 0.1) is 0 Å². The second-order valence-corrected chi connectivity index (χ2v) is 3.38. The van der Waals surface area contributed by atoms with Crippen LogP contribution in [-0.4, -0.2) is 12.5 Å². The third-order valence-electron chi connectivity index (χ3n) is 2.14. The molecule has 15 heavy (non-hydrogen) atoms. The highest BCUT2D eigenvalue weighted by Gasteiger charge is 2.12. The maximum absolute atomic E-state index is 11.8. The van der Waals surface area contributed by atoms with Gasteiger partial charge in [0.05, 0.1) is 0 Å². The van der Waals surface area contributed by atoms with Crippen LogP contribution >= 0.6 is 0 Å². The second-order valence-electron chi connectivity index (χ2n) is 3.38. The lowest BCUT2D eigenvalue weighted by atomic mass is 10.2. The van der Waals surface area contributed by atoms with Gasteiger partial charge in [-0.25, -0.2) is 0 Å². The normalized spacial score (nSPS) is 9.67. The topological polar surface area (TPSA) is 20.3 Å². The molecule has 0 aliphatic heterocycles. The number of hydrogen-bond acceptors (Lipinski definition) is 1. The summed E-state index contributed by atoms with van der Waals surface area (Å²) in [6, 6.07) is 9.70. The molecule has 0 spiro atoms. The number of anilines is 1. The molecule has 1 amide bonds. The van der Waals surface area contributed by atoms with E-state index in [0.717, 1.165) is 12.1 Å². The van der Waals surface area contributed by atoms with Gasteiger partial charge in [-0.2, -0.15) is 0 Å². The van der Waals surface area contributed by atoms with Crippen molar-refractivity contribution in [2.45, 2.75) is 19.8 Å². The molecule has 0 aliphatic rings. The minimum absolute atomic E-state index is 0.156. The van der Waals surface area contributed by atoms with Gasteiger partial charge in [-0.3, -0.25) is 4.79 Å². The fourth-order valence-electron chi connectivity index (χ4n) is 1.44. The maximum atomic E-state index is 11.8. The van der Waals surface area contributed by atoms with Gasteiger partial charge in [0, 0.05) is 18.7 Å². The summed E-state index contributed by atoms with van der Waals surface area (Å²) >= 11 is 0. The third-order valence-corrected chi connectivity index (χ3v) is 2.14. The third kappa shape index (κ3) is 3.24. The monoisotopic (exact) mass is 203 g/mol. The van der Waals surface area contributed by atoms with Crippen LogP contribution in [0.2, 0.25) is 0 Å². The molecule has 80 valence electrons. The largest absolute Gasteiger partial charge is 0.309 e. The quantitative estimate of drug-likeness (QED) is 0.674. The number of benzene rings is 1. The summed E-state index contributed by atoms with van der Waals surface area (Å²) in [5.41, 5.74) is 0.941. The molecule has 0 aliphatic carbocycles. The Hall–Kier alpha value is -1.57. The van der Waals surface area contributed by atoms with E-state index >= 15 is 0 Å². The van der Waals surface area contributed by atoms with Gasteiger partial charge >= 0.3 is 0 Å². The zero-order chi connectivity index (χ0) is 11.1. The lowest BCUT2D eigenvalue weighted by Gasteiger charge is -2.20.